The second kappa shape index (κ2) is 7.49. The number of hydrogen-bond donors (Lipinski definition) is 1. The number of benzene rings is 2. The molecule has 3 aromatic rings. The molecule has 0 atom stereocenters. The van der Waals surface area contributed by atoms with Crippen molar-refractivity contribution in [2.75, 3.05) is 13.2 Å². The van der Waals surface area contributed by atoms with E-state index < -0.39 is 0 Å². The Balaban J connectivity index is 1.50. The van der Waals surface area contributed by atoms with E-state index in [-0.39, 0.29) is 12.5 Å². The van der Waals surface area contributed by atoms with Gasteiger partial charge in [0.25, 0.3) is 5.91 Å². The van der Waals surface area contributed by atoms with Crippen LogP contribution in [0, 0.1) is 6.92 Å². The number of ether oxygens (including phenoxy) is 1. The number of para-hydroxylation sites is 2. The number of nitrogens with one attached hydrogen (secondary N) is 1. The third kappa shape index (κ3) is 3.94. The Bertz CT molecular complexity index is 860. The molecule has 0 aliphatic carbocycles. The summed E-state index contributed by atoms with van der Waals surface area (Å²) >= 11 is 3.37. The number of rotatable bonds is 6. The minimum absolute atomic E-state index is 0.000111. The maximum atomic E-state index is 11.9. The van der Waals surface area contributed by atoms with Crippen molar-refractivity contribution in [3.05, 3.63) is 58.8 Å². The fraction of sp³-hybridized carbons (Fsp3) is 0.222. The van der Waals surface area contributed by atoms with Crippen LogP contribution in [0.4, 0.5) is 0 Å². The van der Waals surface area contributed by atoms with Gasteiger partial charge in [-0.15, -0.1) is 0 Å². The lowest BCUT2D eigenvalue weighted by Crippen LogP contribution is -2.31. The summed E-state index contributed by atoms with van der Waals surface area (Å²) in [5.74, 6) is 1.46. The van der Waals surface area contributed by atoms with E-state index in [1.807, 2.05) is 55.5 Å². The zero-order valence-electron chi connectivity index (χ0n) is 13.3. The third-order valence-corrected chi connectivity index (χ3v) is 4.16. The lowest BCUT2D eigenvalue weighted by molar-refractivity contribution is -0.123. The molecule has 0 aliphatic rings. The fourth-order valence-corrected chi connectivity index (χ4v) is 2.92. The van der Waals surface area contributed by atoms with E-state index in [0.29, 0.717) is 18.8 Å². The number of aromatic nitrogens is 2. The van der Waals surface area contributed by atoms with Gasteiger partial charge in [-0.2, -0.15) is 0 Å². The molecule has 5 nitrogen and oxygen atoms in total. The van der Waals surface area contributed by atoms with E-state index in [0.717, 1.165) is 21.3 Å². The number of fused-ring (bicyclic) bond motifs is 1. The molecule has 1 amide bonds. The topological polar surface area (TPSA) is 56.2 Å². The Morgan fingerprint density at radius 3 is 2.92 bits per heavy atom. The Morgan fingerprint density at radius 1 is 1.25 bits per heavy atom. The van der Waals surface area contributed by atoms with Crippen LogP contribution in [-0.2, 0) is 11.3 Å². The highest BCUT2D eigenvalue weighted by atomic mass is 79.9. The van der Waals surface area contributed by atoms with Crippen LogP contribution < -0.4 is 10.1 Å². The van der Waals surface area contributed by atoms with Crippen molar-refractivity contribution in [2.45, 2.75) is 13.5 Å². The minimum Gasteiger partial charge on any atom is -0.484 e. The monoisotopic (exact) mass is 387 g/mol. The van der Waals surface area contributed by atoms with Crippen LogP contribution in [0.3, 0.4) is 0 Å². The molecular weight excluding hydrogens is 370 g/mol. The molecular formula is C18H18BrN3O2. The predicted molar refractivity (Wildman–Crippen MR) is 97.1 cm³/mol. The first kappa shape index (κ1) is 16.5. The number of carbonyl (C=O) groups is 1. The van der Waals surface area contributed by atoms with Gasteiger partial charge in [-0.3, -0.25) is 4.79 Å². The number of amides is 1. The summed E-state index contributed by atoms with van der Waals surface area (Å²) in [6.45, 7) is 3.18. The zero-order chi connectivity index (χ0) is 16.9. The number of imidazole rings is 1. The standard InChI is InChI=1S/C18H18BrN3O2/c1-13-21-16-7-2-3-8-17(16)22(13)10-9-20-18(23)12-24-15-6-4-5-14(19)11-15/h2-8,11H,9-10,12H2,1H3,(H,20,23). The van der Waals surface area contributed by atoms with Crippen LogP contribution in [0.25, 0.3) is 11.0 Å². The minimum atomic E-state index is -0.142. The van der Waals surface area contributed by atoms with Crippen molar-refractivity contribution in [3.8, 4) is 5.75 Å². The summed E-state index contributed by atoms with van der Waals surface area (Å²) in [6.07, 6.45) is 0. The Labute approximate surface area is 148 Å². The first-order chi connectivity index (χ1) is 11.6. The van der Waals surface area contributed by atoms with Gasteiger partial charge in [-0.1, -0.05) is 34.1 Å². The molecule has 2 aromatic carbocycles. The van der Waals surface area contributed by atoms with Gasteiger partial charge in [0.1, 0.15) is 11.6 Å². The van der Waals surface area contributed by atoms with Crippen molar-refractivity contribution in [1.29, 1.82) is 0 Å². The summed E-state index contributed by atoms with van der Waals surface area (Å²) < 4.78 is 8.49. The van der Waals surface area contributed by atoms with Crippen molar-refractivity contribution in [1.82, 2.24) is 14.9 Å². The maximum Gasteiger partial charge on any atom is 0.258 e. The molecule has 0 aliphatic heterocycles. The molecule has 1 heterocycles. The van der Waals surface area contributed by atoms with Crippen LogP contribution in [0.1, 0.15) is 5.82 Å². The lowest BCUT2D eigenvalue weighted by atomic mass is 10.3. The number of hydrogen-bond acceptors (Lipinski definition) is 3. The highest BCUT2D eigenvalue weighted by molar-refractivity contribution is 9.10. The molecule has 124 valence electrons. The third-order valence-electron chi connectivity index (χ3n) is 3.67. The molecule has 6 heteroatoms. The van der Waals surface area contributed by atoms with E-state index in [4.69, 9.17) is 4.74 Å². The van der Waals surface area contributed by atoms with E-state index >= 15 is 0 Å². The van der Waals surface area contributed by atoms with Crippen LogP contribution in [0.15, 0.2) is 53.0 Å². The zero-order valence-corrected chi connectivity index (χ0v) is 14.9. The molecule has 0 saturated carbocycles. The number of aryl methyl sites for hydroxylation is 1. The van der Waals surface area contributed by atoms with Gasteiger partial charge in [0.05, 0.1) is 11.0 Å². The lowest BCUT2D eigenvalue weighted by Gasteiger charge is -2.10. The van der Waals surface area contributed by atoms with Crippen LogP contribution in [0.5, 0.6) is 5.75 Å². The highest BCUT2D eigenvalue weighted by Gasteiger charge is 2.07. The molecule has 0 saturated heterocycles. The second-order valence-corrected chi connectivity index (χ2v) is 6.31. The van der Waals surface area contributed by atoms with Gasteiger partial charge in [0, 0.05) is 17.6 Å². The number of carbonyl (C=O) groups excluding carboxylic acids is 1. The molecule has 0 bridgehead atoms. The molecule has 3 rings (SSSR count). The first-order valence-corrected chi connectivity index (χ1v) is 8.50. The van der Waals surface area contributed by atoms with Gasteiger partial charge in [0.15, 0.2) is 6.61 Å². The van der Waals surface area contributed by atoms with Crippen molar-refractivity contribution < 1.29 is 9.53 Å². The summed E-state index contributed by atoms with van der Waals surface area (Å²) in [6, 6.07) is 15.4. The van der Waals surface area contributed by atoms with Crippen molar-refractivity contribution >= 4 is 32.9 Å². The molecule has 0 spiro atoms. The SMILES string of the molecule is Cc1nc2ccccc2n1CCNC(=O)COc1cccc(Br)c1. The molecule has 0 radical (unpaired) electrons. The molecule has 1 N–H and O–H groups in total. The van der Waals surface area contributed by atoms with Gasteiger partial charge in [-0.05, 0) is 37.3 Å². The van der Waals surface area contributed by atoms with E-state index in [2.05, 4.69) is 30.8 Å². The largest absolute Gasteiger partial charge is 0.484 e. The highest BCUT2D eigenvalue weighted by Crippen LogP contribution is 2.17. The van der Waals surface area contributed by atoms with Gasteiger partial charge in [-0.25, -0.2) is 4.98 Å². The molecule has 0 unspecified atom stereocenters. The summed E-state index contributed by atoms with van der Waals surface area (Å²) in [5, 5.41) is 2.87. The van der Waals surface area contributed by atoms with Gasteiger partial charge in [0.2, 0.25) is 0 Å². The maximum absolute atomic E-state index is 11.9. The number of nitrogens with zero attached hydrogens (tertiary/aromatic N) is 2. The van der Waals surface area contributed by atoms with Gasteiger partial charge >= 0.3 is 0 Å². The van der Waals surface area contributed by atoms with E-state index in [1.165, 1.54) is 0 Å². The average molecular weight is 388 g/mol. The molecule has 24 heavy (non-hydrogen) atoms. The van der Waals surface area contributed by atoms with Crippen LogP contribution >= 0.6 is 15.9 Å². The summed E-state index contributed by atoms with van der Waals surface area (Å²) in [5.41, 5.74) is 2.05. The van der Waals surface area contributed by atoms with Crippen LogP contribution in [-0.4, -0.2) is 28.6 Å². The predicted octanol–water partition coefficient (Wildman–Crippen LogP) is 3.30. The Morgan fingerprint density at radius 2 is 2.08 bits per heavy atom. The van der Waals surface area contributed by atoms with Crippen molar-refractivity contribution in [2.24, 2.45) is 0 Å². The molecule has 0 fully saturated rings. The molecule has 1 aromatic heterocycles. The normalized spacial score (nSPS) is 10.8. The Kier molecular flexibility index (Phi) is 5.15. The smallest absolute Gasteiger partial charge is 0.258 e. The quantitative estimate of drug-likeness (QED) is 0.705. The first-order valence-electron chi connectivity index (χ1n) is 7.70. The number of halogens is 1. The Hall–Kier alpha value is -2.34. The second-order valence-electron chi connectivity index (χ2n) is 5.40. The van der Waals surface area contributed by atoms with E-state index in [1.54, 1.807) is 0 Å². The van der Waals surface area contributed by atoms with E-state index in [9.17, 15) is 4.79 Å². The summed E-state index contributed by atoms with van der Waals surface area (Å²) in [7, 11) is 0. The average Bonchev–Trinajstić information content (AvgIpc) is 2.89. The van der Waals surface area contributed by atoms with Crippen molar-refractivity contribution in [3.63, 3.8) is 0 Å². The summed E-state index contributed by atoms with van der Waals surface area (Å²) in [4.78, 5) is 16.4. The van der Waals surface area contributed by atoms with Crippen LogP contribution in [0.2, 0.25) is 0 Å². The van der Waals surface area contributed by atoms with Gasteiger partial charge < -0.3 is 14.6 Å². The fourth-order valence-electron chi connectivity index (χ4n) is 2.54.